The fraction of sp³-hybridized carbons (Fsp3) is 0.0909. The number of anilines is 2. The molecular weight excluding hydrogens is 420 g/mol. The number of rotatable bonds is 7. The van der Waals surface area contributed by atoms with Crippen molar-refractivity contribution in [2.75, 3.05) is 24.8 Å². The van der Waals surface area contributed by atoms with Crippen LogP contribution >= 0.6 is 11.6 Å². The van der Waals surface area contributed by atoms with E-state index in [9.17, 15) is 9.59 Å². The lowest BCUT2D eigenvalue weighted by Gasteiger charge is -2.11. The van der Waals surface area contributed by atoms with Crippen LogP contribution in [0.3, 0.4) is 0 Å². The molecule has 0 fully saturated rings. The zero-order valence-corrected chi connectivity index (χ0v) is 17.3. The fourth-order valence-corrected chi connectivity index (χ4v) is 2.69. The van der Waals surface area contributed by atoms with E-state index in [1.807, 2.05) is 30.3 Å². The summed E-state index contributed by atoms with van der Waals surface area (Å²) in [5.74, 6) is -1.06. The van der Waals surface area contributed by atoms with Gasteiger partial charge in [0.15, 0.2) is 6.61 Å². The lowest BCUT2D eigenvalue weighted by atomic mass is 10.2. The molecule has 0 aliphatic rings. The Hall–Kier alpha value is -3.91. The number of ether oxygens (including phenoxy) is 2. The SMILES string of the molecule is COc1cc(N)c(Cl)cc1C(=O)OCC(=O)Nc1ccc(N=Nc2ccccc2)cc1. The first-order chi connectivity index (χ1) is 15.0. The molecule has 31 heavy (non-hydrogen) atoms. The molecule has 0 heterocycles. The predicted molar refractivity (Wildman–Crippen MR) is 118 cm³/mol. The van der Waals surface area contributed by atoms with Crippen LogP contribution in [0.25, 0.3) is 0 Å². The molecule has 0 saturated heterocycles. The smallest absolute Gasteiger partial charge is 0.342 e. The maximum atomic E-state index is 12.3. The summed E-state index contributed by atoms with van der Waals surface area (Å²) >= 11 is 5.94. The minimum Gasteiger partial charge on any atom is -0.496 e. The Morgan fingerprint density at radius 2 is 1.65 bits per heavy atom. The number of azo groups is 1. The van der Waals surface area contributed by atoms with Gasteiger partial charge in [0.1, 0.15) is 11.3 Å². The lowest BCUT2D eigenvalue weighted by Crippen LogP contribution is -2.21. The number of benzene rings is 3. The minimum absolute atomic E-state index is 0.0719. The predicted octanol–water partition coefficient (Wildman–Crippen LogP) is 5.14. The molecule has 0 unspecified atom stereocenters. The monoisotopic (exact) mass is 438 g/mol. The molecule has 0 atom stereocenters. The zero-order chi connectivity index (χ0) is 22.2. The third-order valence-electron chi connectivity index (χ3n) is 4.06. The van der Waals surface area contributed by atoms with Gasteiger partial charge in [-0.3, -0.25) is 4.79 Å². The number of hydrogen-bond acceptors (Lipinski definition) is 7. The van der Waals surface area contributed by atoms with E-state index in [1.165, 1.54) is 19.2 Å². The Balaban J connectivity index is 1.54. The van der Waals surface area contributed by atoms with E-state index in [1.54, 1.807) is 24.3 Å². The van der Waals surface area contributed by atoms with Crippen molar-refractivity contribution in [3.63, 3.8) is 0 Å². The summed E-state index contributed by atoms with van der Waals surface area (Å²) in [4.78, 5) is 24.4. The van der Waals surface area contributed by atoms with E-state index in [0.717, 1.165) is 5.69 Å². The average molecular weight is 439 g/mol. The van der Waals surface area contributed by atoms with Gasteiger partial charge in [0.2, 0.25) is 0 Å². The van der Waals surface area contributed by atoms with Gasteiger partial charge >= 0.3 is 5.97 Å². The van der Waals surface area contributed by atoms with Crippen LogP contribution in [0.2, 0.25) is 5.02 Å². The van der Waals surface area contributed by atoms with Gasteiger partial charge < -0.3 is 20.5 Å². The van der Waals surface area contributed by atoms with E-state index in [-0.39, 0.29) is 22.0 Å². The molecule has 9 heteroatoms. The van der Waals surface area contributed by atoms with E-state index in [4.69, 9.17) is 26.8 Å². The number of hydrogen-bond donors (Lipinski definition) is 2. The molecule has 0 radical (unpaired) electrons. The van der Waals surface area contributed by atoms with E-state index in [2.05, 4.69) is 15.5 Å². The highest BCUT2D eigenvalue weighted by Gasteiger charge is 2.17. The number of carbonyl (C=O) groups excluding carboxylic acids is 2. The van der Waals surface area contributed by atoms with E-state index in [0.29, 0.717) is 11.4 Å². The van der Waals surface area contributed by atoms with E-state index < -0.39 is 18.5 Å². The van der Waals surface area contributed by atoms with Gasteiger partial charge in [-0.15, -0.1) is 0 Å². The molecule has 0 saturated carbocycles. The van der Waals surface area contributed by atoms with Crippen LogP contribution < -0.4 is 15.8 Å². The van der Waals surface area contributed by atoms with Crippen LogP contribution in [0.15, 0.2) is 77.0 Å². The molecule has 1 amide bonds. The maximum Gasteiger partial charge on any atom is 0.342 e. The summed E-state index contributed by atoms with van der Waals surface area (Å²) in [5, 5.41) is 11.1. The van der Waals surface area contributed by atoms with Gasteiger partial charge in [-0.25, -0.2) is 4.79 Å². The molecule has 0 aromatic heterocycles. The summed E-state index contributed by atoms with van der Waals surface area (Å²) in [6.07, 6.45) is 0. The van der Waals surface area contributed by atoms with Gasteiger partial charge in [0.05, 0.1) is 29.2 Å². The third-order valence-corrected chi connectivity index (χ3v) is 4.39. The molecule has 0 bridgehead atoms. The first-order valence-electron chi connectivity index (χ1n) is 9.13. The Bertz CT molecular complexity index is 1100. The first-order valence-corrected chi connectivity index (χ1v) is 9.51. The van der Waals surface area contributed by atoms with Crippen molar-refractivity contribution >= 4 is 46.2 Å². The number of esters is 1. The number of amides is 1. The first kappa shape index (κ1) is 21.8. The number of halogens is 1. The molecular formula is C22H19ClN4O4. The van der Waals surface area contributed by atoms with Crippen LogP contribution in [-0.2, 0) is 9.53 Å². The highest BCUT2D eigenvalue weighted by Crippen LogP contribution is 2.29. The number of methoxy groups -OCH3 is 1. The van der Waals surface area contributed by atoms with Crippen LogP contribution in [0, 0.1) is 0 Å². The minimum atomic E-state index is -0.759. The summed E-state index contributed by atoms with van der Waals surface area (Å²) < 4.78 is 10.2. The Morgan fingerprint density at radius 3 is 2.29 bits per heavy atom. The highest BCUT2D eigenvalue weighted by molar-refractivity contribution is 6.33. The van der Waals surface area contributed by atoms with Crippen LogP contribution in [-0.4, -0.2) is 25.6 Å². The van der Waals surface area contributed by atoms with Crippen molar-refractivity contribution in [2.45, 2.75) is 0 Å². The summed E-state index contributed by atoms with van der Waals surface area (Å²) in [6.45, 7) is -0.487. The van der Waals surface area contributed by atoms with Crippen LogP contribution in [0.5, 0.6) is 5.75 Å². The standard InChI is InChI=1S/C22H19ClN4O4/c1-30-20-12-19(24)18(23)11-17(20)22(29)31-13-21(28)25-14-7-9-16(10-8-14)27-26-15-5-3-2-4-6-15/h2-12H,13,24H2,1H3,(H,25,28). The molecule has 3 rings (SSSR count). The summed E-state index contributed by atoms with van der Waals surface area (Å²) in [7, 11) is 1.38. The Morgan fingerprint density at radius 1 is 1.00 bits per heavy atom. The second-order valence-corrected chi connectivity index (χ2v) is 6.69. The van der Waals surface area contributed by atoms with Crippen molar-refractivity contribution in [1.29, 1.82) is 0 Å². The van der Waals surface area contributed by atoms with Gasteiger partial charge in [-0.05, 0) is 42.5 Å². The lowest BCUT2D eigenvalue weighted by molar-refractivity contribution is -0.119. The van der Waals surface area contributed by atoms with Gasteiger partial charge in [-0.2, -0.15) is 10.2 Å². The largest absolute Gasteiger partial charge is 0.496 e. The summed E-state index contributed by atoms with van der Waals surface area (Å²) in [5.41, 5.74) is 7.91. The molecule has 0 aliphatic carbocycles. The van der Waals surface area contributed by atoms with Gasteiger partial charge in [-0.1, -0.05) is 29.8 Å². The van der Waals surface area contributed by atoms with Crippen LogP contribution in [0.4, 0.5) is 22.7 Å². The molecule has 3 aromatic rings. The van der Waals surface area contributed by atoms with E-state index >= 15 is 0 Å². The number of nitrogens with zero attached hydrogens (tertiary/aromatic N) is 2. The molecule has 0 spiro atoms. The van der Waals surface area contributed by atoms with Crippen molar-refractivity contribution in [3.05, 3.63) is 77.3 Å². The molecule has 8 nitrogen and oxygen atoms in total. The third kappa shape index (κ3) is 6.03. The second kappa shape index (κ2) is 10.2. The summed E-state index contributed by atoms with van der Waals surface area (Å²) in [6, 6.07) is 18.8. The Labute approximate surface area is 183 Å². The number of nitrogens with one attached hydrogen (secondary N) is 1. The fourth-order valence-electron chi connectivity index (χ4n) is 2.52. The van der Waals surface area contributed by atoms with Crippen molar-refractivity contribution in [3.8, 4) is 5.75 Å². The molecule has 0 aliphatic heterocycles. The molecule has 158 valence electrons. The zero-order valence-electron chi connectivity index (χ0n) is 16.5. The van der Waals surface area contributed by atoms with Crippen LogP contribution in [0.1, 0.15) is 10.4 Å². The highest BCUT2D eigenvalue weighted by atomic mass is 35.5. The maximum absolute atomic E-state index is 12.3. The van der Waals surface area contributed by atoms with Crippen molar-refractivity contribution < 1.29 is 19.1 Å². The van der Waals surface area contributed by atoms with Gasteiger partial charge in [0, 0.05) is 11.8 Å². The number of nitrogens with two attached hydrogens (primary N) is 1. The average Bonchev–Trinajstić information content (AvgIpc) is 2.79. The van der Waals surface area contributed by atoms with Crippen molar-refractivity contribution in [2.24, 2.45) is 10.2 Å². The van der Waals surface area contributed by atoms with Gasteiger partial charge in [0.25, 0.3) is 5.91 Å². The number of carbonyl (C=O) groups is 2. The number of nitrogen functional groups attached to an aromatic ring is 1. The normalized spacial score (nSPS) is 10.6. The quantitative estimate of drug-likeness (QED) is 0.301. The molecule has 3 aromatic carbocycles. The van der Waals surface area contributed by atoms with Crippen molar-refractivity contribution in [1.82, 2.24) is 0 Å². The molecule has 3 N–H and O–H groups in total. The Kier molecular flexibility index (Phi) is 7.18. The topological polar surface area (TPSA) is 115 Å². The second-order valence-electron chi connectivity index (χ2n) is 6.28.